The van der Waals surface area contributed by atoms with Gasteiger partial charge in [-0.25, -0.2) is 0 Å². The number of nitrogens with one attached hydrogen (secondary N) is 1. The van der Waals surface area contributed by atoms with Crippen molar-refractivity contribution < 1.29 is 9.53 Å². The predicted molar refractivity (Wildman–Crippen MR) is 122 cm³/mol. The molecular weight excluding hydrogens is 382 g/mol. The van der Waals surface area contributed by atoms with Gasteiger partial charge in [0.25, 0.3) is 0 Å². The van der Waals surface area contributed by atoms with Crippen LogP contribution in [0.4, 0.5) is 5.69 Å². The third-order valence-electron chi connectivity index (χ3n) is 4.91. The summed E-state index contributed by atoms with van der Waals surface area (Å²) in [5.74, 6) is -0.238. The molecule has 1 aliphatic rings. The van der Waals surface area contributed by atoms with Crippen molar-refractivity contribution in [3.8, 4) is 0 Å². The summed E-state index contributed by atoms with van der Waals surface area (Å²) in [5.41, 5.74) is 3.08. The summed E-state index contributed by atoms with van der Waals surface area (Å²) in [6.45, 7) is 4.74. The highest BCUT2D eigenvalue weighted by Crippen LogP contribution is 2.13. The molecule has 0 aliphatic carbocycles. The van der Waals surface area contributed by atoms with Crippen LogP contribution < -0.4 is 5.32 Å². The summed E-state index contributed by atoms with van der Waals surface area (Å²) < 4.78 is 4.69. The lowest BCUT2D eigenvalue weighted by Gasteiger charge is -2.35. The Morgan fingerprint density at radius 1 is 1.07 bits per heavy atom. The monoisotopic (exact) mass is 409 g/mol. The fourth-order valence-electron chi connectivity index (χ4n) is 3.18. The summed E-state index contributed by atoms with van der Waals surface area (Å²) in [6.07, 6.45) is 4.67. The highest BCUT2D eigenvalue weighted by molar-refractivity contribution is 7.80. The molecule has 0 spiro atoms. The molecule has 1 fully saturated rings. The van der Waals surface area contributed by atoms with Gasteiger partial charge in [-0.1, -0.05) is 54.6 Å². The Morgan fingerprint density at radius 2 is 1.76 bits per heavy atom. The van der Waals surface area contributed by atoms with Crippen LogP contribution in [0.1, 0.15) is 11.1 Å². The molecule has 3 rings (SSSR count). The van der Waals surface area contributed by atoms with Gasteiger partial charge in [-0.2, -0.15) is 0 Å². The molecule has 6 heteroatoms. The maximum absolute atomic E-state index is 11.3. The van der Waals surface area contributed by atoms with Crippen molar-refractivity contribution in [2.24, 2.45) is 0 Å². The molecular formula is C23H27N3O2S. The fourth-order valence-corrected chi connectivity index (χ4v) is 3.48. The molecule has 2 aromatic carbocycles. The smallest absolute Gasteiger partial charge is 0.309 e. The van der Waals surface area contributed by atoms with E-state index < -0.39 is 0 Å². The van der Waals surface area contributed by atoms with Crippen LogP contribution in [0.2, 0.25) is 0 Å². The zero-order valence-corrected chi connectivity index (χ0v) is 17.5. The summed E-state index contributed by atoms with van der Waals surface area (Å²) in [5, 5.41) is 4.04. The van der Waals surface area contributed by atoms with Crippen LogP contribution in [0.15, 0.2) is 60.7 Å². The topological polar surface area (TPSA) is 44.8 Å². The quantitative estimate of drug-likeness (QED) is 0.583. The van der Waals surface area contributed by atoms with Gasteiger partial charge in [-0.05, 0) is 35.5 Å². The highest BCUT2D eigenvalue weighted by atomic mass is 32.1. The van der Waals surface area contributed by atoms with E-state index in [-0.39, 0.29) is 12.4 Å². The zero-order valence-electron chi connectivity index (χ0n) is 16.7. The number of ether oxygens (including phenoxy) is 1. The van der Waals surface area contributed by atoms with Gasteiger partial charge in [-0.3, -0.25) is 9.69 Å². The van der Waals surface area contributed by atoms with Crippen LogP contribution in [-0.4, -0.2) is 60.7 Å². The number of esters is 1. The van der Waals surface area contributed by atoms with Crippen LogP contribution in [-0.2, 0) is 16.0 Å². The van der Waals surface area contributed by atoms with Gasteiger partial charge in [0.1, 0.15) is 0 Å². The molecule has 0 atom stereocenters. The van der Waals surface area contributed by atoms with Gasteiger partial charge in [0.05, 0.1) is 13.5 Å². The van der Waals surface area contributed by atoms with Crippen LogP contribution in [0.25, 0.3) is 6.08 Å². The van der Waals surface area contributed by atoms with Crippen LogP contribution in [0.5, 0.6) is 0 Å². The molecule has 5 nitrogen and oxygen atoms in total. The minimum atomic E-state index is -0.238. The Hall–Kier alpha value is -2.70. The molecule has 1 aliphatic heterocycles. The van der Waals surface area contributed by atoms with E-state index in [1.807, 2.05) is 30.3 Å². The van der Waals surface area contributed by atoms with Gasteiger partial charge in [-0.15, -0.1) is 0 Å². The fraction of sp³-hybridized carbons (Fsp3) is 0.304. The number of anilines is 1. The van der Waals surface area contributed by atoms with Crippen LogP contribution in [0, 0.1) is 0 Å². The molecule has 29 heavy (non-hydrogen) atoms. The number of hydrogen-bond acceptors (Lipinski definition) is 4. The van der Waals surface area contributed by atoms with E-state index in [1.165, 1.54) is 12.7 Å². The average Bonchev–Trinajstić information content (AvgIpc) is 2.76. The number of hydrogen-bond donors (Lipinski definition) is 1. The second kappa shape index (κ2) is 10.7. The van der Waals surface area contributed by atoms with Gasteiger partial charge in [0.15, 0.2) is 5.11 Å². The molecule has 0 bridgehead atoms. The zero-order chi connectivity index (χ0) is 20.5. The van der Waals surface area contributed by atoms with E-state index >= 15 is 0 Å². The molecule has 0 saturated carbocycles. The first kappa shape index (κ1) is 21.0. The number of piperazine rings is 1. The second-order valence-corrected chi connectivity index (χ2v) is 7.37. The van der Waals surface area contributed by atoms with Crippen molar-refractivity contribution in [2.75, 3.05) is 45.2 Å². The average molecular weight is 410 g/mol. The molecule has 2 aromatic rings. The van der Waals surface area contributed by atoms with Crippen molar-refractivity contribution in [3.63, 3.8) is 0 Å². The van der Waals surface area contributed by atoms with E-state index in [0.717, 1.165) is 49.1 Å². The standard InChI is InChI=1S/C23H27N3O2S/c1-28-22(27)18-20-9-11-21(12-10-20)24-23(29)26-16-14-25(15-17-26)13-5-8-19-6-3-2-4-7-19/h2-12H,13-18H2,1H3,(H,24,29)/b8-5+. The third kappa shape index (κ3) is 6.69. The largest absolute Gasteiger partial charge is 0.469 e. The van der Waals surface area contributed by atoms with E-state index in [4.69, 9.17) is 17.0 Å². The Kier molecular flexibility index (Phi) is 7.78. The number of carbonyl (C=O) groups is 1. The summed E-state index contributed by atoms with van der Waals surface area (Å²) >= 11 is 5.58. The van der Waals surface area contributed by atoms with Crippen LogP contribution >= 0.6 is 12.2 Å². The molecule has 1 heterocycles. The Bertz CT molecular complexity index is 829. The van der Waals surface area contributed by atoms with E-state index in [9.17, 15) is 4.79 Å². The van der Waals surface area contributed by atoms with E-state index in [1.54, 1.807) is 0 Å². The van der Waals surface area contributed by atoms with Crippen molar-refractivity contribution in [3.05, 3.63) is 71.8 Å². The molecule has 0 amide bonds. The summed E-state index contributed by atoms with van der Waals surface area (Å²) in [4.78, 5) is 16.0. The van der Waals surface area contributed by atoms with E-state index in [2.05, 4.69) is 51.5 Å². The SMILES string of the molecule is COC(=O)Cc1ccc(NC(=S)N2CCN(C/C=C/c3ccccc3)CC2)cc1. The van der Waals surface area contributed by atoms with Crippen molar-refractivity contribution in [1.82, 2.24) is 9.80 Å². The van der Waals surface area contributed by atoms with Crippen molar-refractivity contribution in [2.45, 2.75) is 6.42 Å². The maximum atomic E-state index is 11.3. The number of methoxy groups -OCH3 is 1. The van der Waals surface area contributed by atoms with Gasteiger partial charge in [0.2, 0.25) is 0 Å². The second-order valence-electron chi connectivity index (χ2n) is 6.98. The maximum Gasteiger partial charge on any atom is 0.309 e. The lowest BCUT2D eigenvalue weighted by atomic mass is 10.1. The van der Waals surface area contributed by atoms with Gasteiger partial charge in [0, 0.05) is 38.4 Å². The van der Waals surface area contributed by atoms with Gasteiger partial charge < -0.3 is 15.0 Å². The Labute approximate surface area is 178 Å². The van der Waals surface area contributed by atoms with Crippen molar-refractivity contribution >= 4 is 35.1 Å². The van der Waals surface area contributed by atoms with Crippen molar-refractivity contribution in [1.29, 1.82) is 0 Å². The summed E-state index contributed by atoms with van der Waals surface area (Å²) in [7, 11) is 1.40. The minimum absolute atomic E-state index is 0.238. The predicted octanol–water partition coefficient (Wildman–Crippen LogP) is 3.43. The van der Waals surface area contributed by atoms with E-state index in [0.29, 0.717) is 0 Å². The molecule has 1 N–H and O–H groups in total. The number of thiocarbonyl (C=S) groups is 1. The number of carbonyl (C=O) groups excluding carboxylic acids is 1. The first-order valence-electron chi connectivity index (χ1n) is 9.79. The number of benzene rings is 2. The molecule has 1 saturated heterocycles. The molecule has 152 valence electrons. The number of rotatable bonds is 6. The number of nitrogens with zero attached hydrogens (tertiary/aromatic N) is 2. The lowest BCUT2D eigenvalue weighted by Crippen LogP contribution is -2.49. The first-order chi connectivity index (χ1) is 14.1. The molecule has 0 aromatic heterocycles. The normalized spacial score (nSPS) is 14.7. The Morgan fingerprint density at radius 3 is 2.41 bits per heavy atom. The lowest BCUT2D eigenvalue weighted by molar-refractivity contribution is -0.139. The Balaban J connectivity index is 1.41. The minimum Gasteiger partial charge on any atom is -0.469 e. The molecule has 0 radical (unpaired) electrons. The van der Waals surface area contributed by atoms with Gasteiger partial charge >= 0.3 is 5.97 Å². The first-order valence-corrected chi connectivity index (χ1v) is 10.2. The third-order valence-corrected chi connectivity index (χ3v) is 5.27. The van der Waals surface area contributed by atoms with Crippen LogP contribution in [0.3, 0.4) is 0 Å². The molecule has 0 unspecified atom stereocenters. The summed E-state index contributed by atoms with van der Waals surface area (Å²) in [6, 6.07) is 18.1. The highest BCUT2D eigenvalue weighted by Gasteiger charge is 2.18.